The van der Waals surface area contributed by atoms with Crippen molar-refractivity contribution in [2.75, 3.05) is 39.9 Å². The molecule has 3 rings (SSSR count). The minimum atomic E-state index is -0.206. The number of rotatable bonds is 5. The number of hydrogen-bond acceptors (Lipinski definition) is 5. The summed E-state index contributed by atoms with van der Waals surface area (Å²) in [6.07, 6.45) is 3.92. The average molecular weight is 381 g/mol. The van der Waals surface area contributed by atoms with Gasteiger partial charge in [0.15, 0.2) is 0 Å². The van der Waals surface area contributed by atoms with Crippen LogP contribution in [0.3, 0.4) is 0 Å². The summed E-state index contributed by atoms with van der Waals surface area (Å²) in [4.78, 5) is 32.8. The van der Waals surface area contributed by atoms with E-state index in [1.54, 1.807) is 12.1 Å². The molecule has 0 radical (unpaired) electrons. The van der Waals surface area contributed by atoms with Crippen LogP contribution in [0.25, 0.3) is 0 Å². The monoisotopic (exact) mass is 380 g/mol. The van der Waals surface area contributed by atoms with E-state index in [9.17, 15) is 9.59 Å². The Hall–Kier alpha value is -1.70. The fraction of sp³-hybridized carbons (Fsp3) is 0.611. The standard InChI is InChI=1S/C18H25ClN4O3/c1-22-14(10-17(24)23-6-8-26-9-7-23)3-4-15(22)12-21-18(25)16-5-2-13(19)11-20-16/h2,5,11,14-15H,3-4,6-10,12H2,1H3,(H,21,25)/t14-,15+/m1/s1. The number of halogens is 1. The maximum Gasteiger partial charge on any atom is 0.269 e. The lowest BCUT2D eigenvalue weighted by Crippen LogP contribution is -2.45. The van der Waals surface area contributed by atoms with Crippen LogP contribution >= 0.6 is 11.6 Å². The van der Waals surface area contributed by atoms with Crippen molar-refractivity contribution in [3.8, 4) is 0 Å². The van der Waals surface area contributed by atoms with E-state index < -0.39 is 0 Å². The molecule has 2 aliphatic heterocycles. The number of likely N-dealkylation sites (tertiary alicyclic amines) is 1. The Morgan fingerprint density at radius 1 is 1.27 bits per heavy atom. The van der Waals surface area contributed by atoms with Crippen LogP contribution < -0.4 is 5.32 Å². The molecular formula is C18H25ClN4O3. The number of pyridine rings is 1. The molecule has 26 heavy (non-hydrogen) atoms. The maximum atomic E-state index is 12.4. The number of morpholine rings is 1. The van der Waals surface area contributed by atoms with Gasteiger partial charge in [0, 0.05) is 44.3 Å². The van der Waals surface area contributed by atoms with Crippen molar-refractivity contribution in [2.45, 2.75) is 31.3 Å². The second-order valence-corrected chi connectivity index (χ2v) is 7.26. The number of carbonyl (C=O) groups excluding carboxylic acids is 2. The zero-order valence-electron chi connectivity index (χ0n) is 15.0. The van der Waals surface area contributed by atoms with Gasteiger partial charge in [-0.1, -0.05) is 11.6 Å². The quantitative estimate of drug-likeness (QED) is 0.830. The van der Waals surface area contributed by atoms with Crippen LogP contribution in [0.15, 0.2) is 18.3 Å². The van der Waals surface area contributed by atoms with Crippen molar-refractivity contribution in [3.05, 3.63) is 29.0 Å². The lowest BCUT2D eigenvalue weighted by atomic mass is 10.1. The number of nitrogens with one attached hydrogen (secondary N) is 1. The van der Waals surface area contributed by atoms with Crippen LogP contribution in [0.2, 0.25) is 5.02 Å². The predicted molar refractivity (Wildman–Crippen MR) is 98.2 cm³/mol. The van der Waals surface area contributed by atoms with Gasteiger partial charge in [0.05, 0.1) is 18.2 Å². The zero-order chi connectivity index (χ0) is 18.5. The third kappa shape index (κ3) is 4.72. The molecule has 0 aliphatic carbocycles. The van der Waals surface area contributed by atoms with Gasteiger partial charge >= 0.3 is 0 Å². The summed E-state index contributed by atoms with van der Waals surface area (Å²) >= 11 is 5.79. The van der Waals surface area contributed by atoms with Gasteiger partial charge in [-0.05, 0) is 32.0 Å². The Morgan fingerprint density at radius 2 is 2.00 bits per heavy atom. The van der Waals surface area contributed by atoms with Gasteiger partial charge in [-0.2, -0.15) is 0 Å². The second-order valence-electron chi connectivity index (χ2n) is 6.82. The highest BCUT2D eigenvalue weighted by atomic mass is 35.5. The molecule has 2 saturated heterocycles. The first kappa shape index (κ1) is 19.1. The zero-order valence-corrected chi connectivity index (χ0v) is 15.7. The molecule has 0 unspecified atom stereocenters. The topological polar surface area (TPSA) is 74.8 Å². The van der Waals surface area contributed by atoms with E-state index >= 15 is 0 Å². The third-order valence-electron chi connectivity index (χ3n) is 5.22. The number of ether oxygens (including phenoxy) is 1. The van der Waals surface area contributed by atoms with Crippen LogP contribution in [0, 0.1) is 0 Å². The SMILES string of the molecule is CN1[C@@H](CC(=O)N2CCOCC2)CC[C@H]1CNC(=O)c1ccc(Cl)cn1. The van der Waals surface area contributed by atoms with E-state index in [1.807, 2.05) is 11.9 Å². The van der Waals surface area contributed by atoms with Gasteiger partial charge in [-0.15, -0.1) is 0 Å². The van der Waals surface area contributed by atoms with E-state index in [0.717, 1.165) is 12.8 Å². The largest absolute Gasteiger partial charge is 0.378 e. The third-order valence-corrected chi connectivity index (χ3v) is 5.44. The van der Waals surface area contributed by atoms with Crippen LogP contribution in [0.1, 0.15) is 29.8 Å². The molecule has 0 bridgehead atoms. The first-order valence-corrected chi connectivity index (χ1v) is 9.39. The summed E-state index contributed by atoms with van der Waals surface area (Å²) in [5.74, 6) is -0.0110. The summed E-state index contributed by atoms with van der Waals surface area (Å²) in [7, 11) is 2.03. The molecule has 2 atom stereocenters. The van der Waals surface area contributed by atoms with Crippen molar-refractivity contribution >= 4 is 23.4 Å². The summed E-state index contributed by atoms with van der Waals surface area (Å²) in [6.45, 7) is 3.16. The molecule has 8 heteroatoms. The average Bonchev–Trinajstić information content (AvgIpc) is 3.00. The Morgan fingerprint density at radius 3 is 2.69 bits per heavy atom. The lowest BCUT2D eigenvalue weighted by Gasteiger charge is -2.30. The minimum absolute atomic E-state index is 0.195. The molecule has 0 aromatic carbocycles. The molecule has 2 fully saturated rings. The molecule has 1 aromatic rings. The van der Waals surface area contributed by atoms with E-state index in [-0.39, 0.29) is 23.9 Å². The molecule has 7 nitrogen and oxygen atoms in total. The van der Waals surface area contributed by atoms with Crippen LogP contribution in [0.4, 0.5) is 0 Å². The van der Waals surface area contributed by atoms with Crippen molar-refractivity contribution in [3.63, 3.8) is 0 Å². The molecule has 2 amide bonds. The molecule has 3 heterocycles. The Balaban J connectivity index is 1.46. The lowest BCUT2D eigenvalue weighted by molar-refractivity contribution is -0.136. The second kappa shape index (κ2) is 8.79. The molecule has 1 aromatic heterocycles. The summed E-state index contributed by atoms with van der Waals surface area (Å²) in [6, 6.07) is 3.72. The predicted octanol–water partition coefficient (Wildman–Crippen LogP) is 1.18. The Kier molecular flexibility index (Phi) is 6.45. The number of hydrogen-bond donors (Lipinski definition) is 1. The van der Waals surface area contributed by atoms with Crippen LogP contribution in [-0.2, 0) is 9.53 Å². The Bertz CT molecular complexity index is 634. The Labute approximate surface area is 158 Å². The van der Waals surface area contributed by atoms with Gasteiger partial charge in [0.1, 0.15) is 5.69 Å². The van der Waals surface area contributed by atoms with Gasteiger partial charge in [-0.3, -0.25) is 14.5 Å². The van der Waals surface area contributed by atoms with Crippen LogP contribution in [-0.4, -0.2) is 78.6 Å². The summed E-state index contributed by atoms with van der Waals surface area (Å²) in [5, 5.41) is 3.43. The molecule has 0 saturated carbocycles. The highest BCUT2D eigenvalue weighted by Crippen LogP contribution is 2.25. The highest BCUT2D eigenvalue weighted by Gasteiger charge is 2.33. The molecule has 1 N–H and O–H groups in total. The minimum Gasteiger partial charge on any atom is -0.378 e. The van der Waals surface area contributed by atoms with Crippen molar-refractivity contribution in [1.82, 2.24) is 20.1 Å². The van der Waals surface area contributed by atoms with E-state index in [2.05, 4.69) is 15.2 Å². The number of carbonyl (C=O) groups is 2. The number of nitrogens with zero attached hydrogens (tertiary/aromatic N) is 3. The fourth-order valence-corrected chi connectivity index (χ4v) is 3.65. The molecular weight excluding hydrogens is 356 g/mol. The van der Waals surface area contributed by atoms with Crippen molar-refractivity contribution in [2.24, 2.45) is 0 Å². The fourth-order valence-electron chi connectivity index (χ4n) is 3.54. The van der Waals surface area contributed by atoms with Gasteiger partial charge < -0.3 is 15.0 Å². The van der Waals surface area contributed by atoms with E-state index in [0.29, 0.717) is 50.0 Å². The van der Waals surface area contributed by atoms with E-state index in [1.165, 1.54) is 6.20 Å². The smallest absolute Gasteiger partial charge is 0.269 e. The molecule has 142 valence electrons. The summed E-state index contributed by atoms with van der Waals surface area (Å²) in [5.41, 5.74) is 0.356. The van der Waals surface area contributed by atoms with E-state index in [4.69, 9.17) is 16.3 Å². The first-order chi connectivity index (χ1) is 12.5. The highest BCUT2D eigenvalue weighted by molar-refractivity contribution is 6.30. The van der Waals surface area contributed by atoms with Gasteiger partial charge in [0.2, 0.25) is 5.91 Å². The summed E-state index contributed by atoms with van der Waals surface area (Å²) < 4.78 is 5.30. The van der Waals surface area contributed by atoms with Gasteiger partial charge in [-0.25, -0.2) is 4.98 Å². The normalized spacial score (nSPS) is 23.8. The molecule has 2 aliphatic rings. The van der Waals surface area contributed by atoms with Crippen molar-refractivity contribution < 1.29 is 14.3 Å². The van der Waals surface area contributed by atoms with Crippen molar-refractivity contribution in [1.29, 1.82) is 0 Å². The van der Waals surface area contributed by atoms with Gasteiger partial charge in [0.25, 0.3) is 5.91 Å². The van der Waals surface area contributed by atoms with Crippen LogP contribution in [0.5, 0.6) is 0 Å². The number of likely N-dealkylation sites (N-methyl/N-ethyl adjacent to an activating group) is 1. The first-order valence-electron chi connectivity index (χ1n) is 9.02. The maximum absolute atomic E-state index is 12.4. The number of amides is 2. The number of aromatic nitrogens is 1. The molecule has 0 spiro atoms.